The van der Waals surface area contributed by atoms with Crippen LogP contribution < -0.4 is 0 Å². The van der Waals surface area contributed by atoms with Crippen LogP contribution in [0.5, 0.6) is 0 Å². The van der Waals surface area contributed by atoms with Crippen LogP contribution in [0.3, 0.4) is 0 Å². The summed E-state index contributed by atoms with van der Waals surface area (Å²) in [6.07, 6.45) is 3.33. The zero-order chi connectivity index (χ0) is 11.8. The molecule has 1 saturated carbocycles. The molecule has 1 heterocycles. The van der Waals surface area contributed by atoms with E-state index in [-0.39, 0.29) is 6.10 Å². The fourth-order valence-electron chi connectivity index (χ4n) is 3.07. The van der Waals surface area contributed by atoms with Crippen molar-refractivity contribution in [1.82, 2.24) is 9.80 Å². The molecule has 0 spiro atoms. The average molecular weight is 226 g/mol. The van der Waals surface area contributed by atoms with Crippen LogP contribution in [0.15, 0.2) is 0 Å². The molecule has 1 saturated heterocycles. The third kappa shape index (κ3) is 2.58. The standard InChI is InChI=1S/C13H26N2O/c1-13(2,3)15-9-7-14(8-10-15)11-5-4-6-12(11)16/h11-12,16H,4-10H2,1-3H3/t11-,12-/m1/s1. The molecule has 1 aliphatic carbocycles. The Morgan fingerprint density at radius 3 is 2.06 bits per heavy atom. The summed E-state index contributed by atoms with van der Waals surface area (Å²) in [5.74, 6) is 0. The van der Waals surface area contributed by atoms with Crippen LogP contribution in [0.25, 0.3) is 0 Å². The van der Waals surface area contributed by atoms with Gasteiger partial charge in [-0.05, 0) is 40.0 Å². The number of hydrogen-bond acceptors (Lipinski definition) is 3. The SMILES string of the molecule is CC(C)(C)N1CCN([C@@H]2CCC[C@H]2O)CC1. The van der Waals surface area contributed by atoms with Crippen LogP contribution in [-0.4, -0.2) is 58.8 Å². The second-order valence-electron chi connectivity index (χ2n) is 6.26. The van der Waals surface area contributed by atoms with Crippen molar-refractivity contribution in [3.05, 3.63) is 0 Å². The molecule has 94 valence electrons. The summed E-state index contributed by atoms with van der Waals surface area (Å²) in [5.41, 5.74) is 0.292. The molecule has 2 atom stereocenters. The molecular formula is C13H26N2O. The summed E-state index contributed by atoms with van der Waals surface area (Å²) in [4.78, 5) is 5.05. The minimum atomic E-state index is -0.0683. The van der Waals surface area contributed by atoms with Gasteiger partial charge in [-0.3, -0.25) is 9.80 Å². The number of rotatable bonds is 1. The first kappa shape index (κ1) is 12.3. The lowest BCUT2D eigenvalue weighted by molar-refractivity contribution is 0.00940. The Kier molecular flexibility index (Phi) is 3.57. The fraction of sp³-hybridized carbons (Fsp3) is 1.00. The van der Waals surface area contributed by atoms with E-state index in [1.54, 1.807) is 0 Å². The van der Waals surface area contributed by atoms with Crippen LogP contribution in [0.1, 0.15) is 40.0 Å². The smallest absolute Gasteiger partial charge is 0.0695 e. The van der Waals surface area contributed by atoms with Gasteiger partial charge in [0.1, 0.15) is 0 Å². The minimum absolute atomic E-state index is 0.0683. The maximum Gasteiger partial charge on any atom is 0.0695 e. The molecule has 2 rings (SSSR count). The summed E-state index contributed by atoms with van der Waals surface area (Å²) in [5, 5.41) is 9.91. The predicted octanol–water partition coefficient (Wildman–Crippen LogP) is 1.32. The number of nitrogens with zero attached hydrogens (tertiary/aromatic N) is 2. The lowest BCUT2D eigenvalue weighted by atomic mass is 10.0. The van der Waals surface area contributed by atoms with Gasteiger partial charge in [-0.15, -0.1) is 0 Å². The normalized spacial score (nSPS) is 34.5. The van der Waals surface area contributed by atoms with E-state index in [0.717, 1.165) is 32.6 Å². The van der Waals surface area contributed by atoms with Gasteiger partial charge >= 0.3 is 0 Å². The van der Waals surface area contributed by atoms with Crippen LogP contribution in [0.4, 0.5) is 0 Å². The van der Waals surface area contributed by atoms with Gasteiger partial charge in [0.25, 0.3) is 0 Å². The summed E-state index contributed by atoms with van der Waals surface area (Å²) < 4.78 is 0. The highest BCUT2D eigenvalue weighted by molar-refractivity contribution is 4.89. The molecule has 0 unspecified atom stereocenters. The quantitative estimate of drug-likeness (QED) is 0.730. The van der Waals surface area contributed by atoms with Gasteiger partial charge in [0.2, 0.25) is 0 Å². The Morgan fingerprint density at radius 1 is 1.00 bits per heavy atom. The fourth-order valence-corrected chi connectivity index (χ4v) is 3.07. The molecule has 0 radical (unpaired) electrons. The molecule has 0 amide bonds. The topological polar surface area (TPSA) is 26.7 Å². The van der Waals surface area contributed by atoms with Gasteiger partial charge in [0.15, 0.2) is 0 Å². The van der Waals surface area contributed by atoms with Gasteiger partial charge in [0.05, 0.1) is 6.10 Å². The summed E-state index contributed by atoms with van der Waals surface area (Å²) in [6, 6.07) is 0.446. The van der Waals surface area contributed by atoms with Crippen LogP contribution in [-0.2, 0) is 0 Å². The van der Waals surface area contributed by atoms with Crippen molar-refractivity contribution < 1.29 is 5.11 Å². The first-order valence-electron chi connectivity index (χ1n) is 6.65. The molecule has 2 aliphatic rings. The molecule has 0 bridgehead atoms. The number of aliphatic hydroxyl groups is 1. The predicted molar refractivity (Wildman–Crippen MR) is 66.5 cm³/mol. The van der Waals surface area contributed by atoms with E-state index in [9.17, 15) is 5.11 Å². The van der Waals surface area contributed by atoms with Crippen molar-refractivity contribution in [2.75, 3.05) is 26.2 Å². The molecule has 1 N–H and O–H groups in total. The Bertz CT molecular complexity index is 229. The highest BCUT2D eigenvalue weighted by atomic mass is 16.3. The van der Waals surface area contributed by atoms with Crippen molar-refractivity contribution in [2.45, 2.75) is 57.7 Å². The second kappa shape index (κ2) is 4.63. The highest BCUT2D eigenvalue weighted by Crippen LogP contribution is 2.26. The van der Waals surface area contributed by atoms with Crippen molar-refractivity contribution in [2.24, 2.45) is 0 Å². The molecule has 0 aromatic heterocycles. The van der Waals surface area contributed by atoms with Gasteiger partial charge in [0, 0.05) is 37.8 Å². The number of piperazine rings is 1. The monoisotopic (exact) mass is 226 g/mol. The number of hydrogen-bond donors (Lipinski definition) is 1. The first-order valence-corrected chi connectivity index (χ1v) is 6.65. The lowest BCUT2D eigenvalue weighted by Gasteiger charge is -2.44. The third-order valence-corrected chi connectivity index (χ3v) is 4.18. The lowest BCUT2D eigenvalue weighted by Crippen LogP contribution is -2.56. The first-order chi connectivity index (χ1) is 7.48. The maximum absolute atomic E-state index is 9.91. The summed E-state index contributed by atoms with van der Waals surface area (Å²) in [6.45, 7) is 11.4. The van der Waals surface area contributed by atoms with Crippen LogP contribution in [0, 0.1) is 0 Å². The minimum Gasteiger partial charge on any atom is -0.391 e. The molecule has 16 heavy (non-hydrogen) atoms. The van der Waals surface area contributed by atoms with Crippen molar-refractivity contribution in [3.8, 4) is 0 Å². The van der Waals surface area contributed by atoms with E-state index in [0.29, 0.717) is 11.6 Å². The van der Waals surface area contributed by atoms with E-state index in [2.05, 4.69) is 30.6 Å². The van der Waals surface area contributed by atoms with Crippen molar-refractivity contribution in [3.63, 3.8) is 0 Å². The van der Waals surface area contributed by atoms with E-state index < -0.39 is 0 Å². The van der Waals surface area contributed by atoms with Crippen LogP contribution in [0.2, 0.25) is 0 Å². The second-order valence-corrected chi connectivity index (χ2v) is 6.26. The Hall–Kier alpha value is -0.120. The van der Waals surface area contributed by atoms with Gasteiger partial charge in [-0.1, -0.05) is 0 Å². The molecule has 3 heteroatoms. The van der Waals surface area contributed by atoms with Crippen molar-refractivity contribution >= 4 is 0 Å². The van der Waals surface area contributed by atoms with Gasteiger partial charge in [-0.25, -0.2) is 0 Å². The Balaban J connectivity index is 1.85. The number of aliphatic hydroxyl groups excluding tert-OH is 1. The van der Waals surface area contributed by atoms with Gasteiger partial charge in [-0.2, -0.15) is 0 Å². The molecule has 3 nitrogen and oxygen atoms in total. The van der Waals surface area contributed by atoms with E-state index in [1.807, 2.05) is 0 Å². The average Bonchev–Trinajstić information content (AvgIpc) is 2.63. The van der Waals surface area contributed by atoms with Gasteiger partial charge < -0.3 is 5.11 Å². The van der Waals surface area contributed by atoms with E-state index in [4.69, 9.17) is 0 Å². The third-order valence-electron chi connectivity index (χ3n) is 4.18. The Morgan fingerprint density at radius 2 is 1.62 bits per heavy atom. The van der Waals surface area contributed by atoms with Crippen molar-refractivity contribution in [1.29, 1.82) is 0 Å². The molecular weight excluding hydrogens is 200 g/mol. The molecule has 2 fully saturated rings. The van der Waals surface area contributed by atoms with Crippen LogP contribution >= 0.6 is 0 Å². The zero-order valence-electron chi connectivity index (χ0n) is 10.9. The summed E-state index contributed by atoms with van der Waals surface area (Å²) >= 11 is 0. The highest BCUT2D eigenvalue weighted by Gasteiger charge is 2.34. The van der Waals surface area contributed by atoms with E-state index in [1.165, 1.54) is 12.8 Å². The zero-order valence-corrected chi connectivity index (χ0v) is 10.9. The Labute approximate surface area is 99.4 Å². The summed E-state index contributed by atoms with van der Waals surface area (Å²) in [7, 11) is 0. The molecule has 1 aliphatic heterocycles. The van der Waals surface area contributed by atoms with E-state index >= 15 is 0 Å². The largest absolute Gasteiger partial charge is 0.391 e. The molecule has 0 aromatic rings. The maximum atomic E-state index is 9.91. The molecule has 0 aromatic carbocycles.